The lowest BCUT2D eigenvalue weighted by molar-refractivity contribution is -0.148. The highest BCUT2D eigenvalue weighted by Crippen LogP contribution is 2.24. The van der Waals surface area contributed by atoms with E-state index in [1.807, 2.05) is 18.7 Å². The van der Waals surface area contributed by atoms with Crippen molar-refractivity contribution in [2.24, 2.45) is 16.6 Å². The lowest BCUT2D eigenvalue weighted by atomic mass is 9.93. The van der Waals surface area contributed by atoms with Crippen LogP contribution in [0.15, 0.2) is 4.99 Å². The van der Waals surface area contributed by atoms with Crippen molar-refractivity contribution in [3.8, 4) is 0 Å². The summed E-state index contributed by atoms with van der Waals surface area (Å²) in [5.41, 5.74) is 5.89. The van der Waals surface area contributed by atoms with Crippen LogP contribution in [0.3, 0.4) is 0 Å². The molecule has 0 aromatic heterocycles. The van der Waals surface area contributed by atoms with E-state index in [0.29, 0.717) is 31.5 Å². The molecule has 7 heteroatoms. The van der Waals surface area contributed by atoms with Gasteiger partial charge in [-0.15, -0.1) is 0 Å². The highest BCUT2D eigenvalue weighted by Gasteiger charge is 2.32. The summed E-state index contributed by atoms with van der Waals surface area (Å²) in [5, 5.41) is 0. The Balaban J connectivity index is 2.26. The largest absolute Gasteiger partial charge is 0.401 e. The Morgan fingerprint density at radius 3 is 2.29 bits per heavy atom. The summed E-state index contributed by atoms with van der Waals surface area (Å²) in [6.45, 7) is 6.66. The number of aliphatic imine (C=N–C) groups is 1. The van der Waals surface area contributed by atoms with Crippen LogP contribution in [0.25, 0.3) is 0 Å². The van der Waals surface area contributed by atoms with Crippen molar-refractivity contribution in [1.82, 2.24) is 9.80 Å². The van der Waals surface area contributed by atoms with E-state index in [1.54, 1.807) is 0 Å². The zero-order valence-corrected chi connectivity index (χ0v) is 13.0. The number of piperidine rings is 1. The number of nitrogens with zero attached hydrogens (tertiary/aromatic N) is 3. The van der Waals surface area contributed by atoms with Crippen molar-refractivity contribution in [2.45, 2.75) is 39.3 Å². The standard InChI is InChI=1S/C14H27F3N4/c1-3-21(4-2)13(18)19-8-5-12-6-9-20(10-7-12)11-14(15,16)17/h12H,3-11H2,1-2H3,(H2,18,19). The van der Waals surface area contributed by atoms with Gasteiger partial charge in [-0.1, -0.05) is 0 Å². The van der Waals surface area contributed by atoms with Crippen molar-refractivity contribution >= 4 is 5.96 Å². The molecule has 21 heavy (non-hydrogen) atoms. The van der Waals surface area contributed by atoms with Crippen molar-refractivity contribution in [2.75, 3.05) is 39.3 Å². The average molecular weight is 308 g/mol. The van der Waals surface area contributed by atoms with Gasteiger partial charge in [0.2, 0.25) is 0 Å². The topological polar surface area (TPSA) is 44.9 Å². The first-order chi connectivity index (χ1) is 9.85. The van der Waals surface area contributed by atoms with E-state index < -0.39 is 12.7 Å². The Morgan fingerprint density at radius 1 is 1.24 bits per heavy atom. The number of hydrogen-bond acceptors (Lipinski definition) is 2. The highest BCUT2D eigenvalue weighted by atomic mass is 19.4. The lowest BCUT2D eigenvalue weighted by Crippen LogP contribution is -2.40. The third-order valence-electron chi connectivity index (χ3n) is 4.01. The van der Waals surface area contributed by atoms with Gasteiger partial charge in [0.1, 0.15) is 0 Å². The van der Waals surface area contributed by atoms with Crippen molar-refractivity contribution in [3.05, 3.63) is 0 Å². The van der Waals surface area contributed by atoms with Crippen molar-refractivity contribution < 1.29 is 13.2 Å². The van der Waals surface area contributed by atoms with Gasteiger partial charge in [-0.25, -0.2) is 0 Å². The van der Waals surface area contributed by atoms with Gasteiger partial charge in [0.15, 0.2) is 5.96 Å². The third kappa shape index (κ3) is 7.02. The fraction of sp³-hybridized carbons (Fsp3) is 0.929. The molecule has 1 aliphatic rings. The fourth-order valence-electron chi connectivity index (χ4n) is 2.70. The summed E-state index contributed by atoms with van der Waals surface area (Å²) in [7, 11) is 0. The molecule has 0 aromatic carbocycles. The van der Waals surface area contributed by atoms with E-state index in [-0.39, 0.29) is 0 Å². The molecular formula is C14H27F3N4. The maximum absolute atomic E-state index is 12.3. The average Bonchev–Trinajstić information content (AvgIpc) is 2.40. The molecule has 1 fully saturated rings. The normalized spacial score (nSPS) is 19.0. The summed E-state index contributed by atoms with van der Waals surface area (Å²) in [6.07, 6.45) is -1.55. The molecule has 0 radical (unpaired) electrons. The minimum atomic E-state index is -4.09. The molecule has 0 saturated carbocycles. The minimum absolute atomic E-state index is 0.461. The molecule has 1 heterocycles. The van der Waals surface area contributed by atoms with Crippen LogP contribution in [0.4, 0.5) is 13.2 Å². The second-order valence-corrected chi connectivity index (χ2v) is 5.54. The Labute approximate surface area is 125 Å². The van der Waals surface area contributed by atoms with Crippen LogP contribution < -0.4 is 5.73 Å². The molecule has 0 atom stereocenters. The van der Waals surface area contributed by atoms with Crippen LogP contribution in [0.5, 0.6) is 0 Å². The number of guanidine groups is 1. The summed E-state index contributed by atoms with van der Waals surface area (Å²) >= 11 is 0. The predicted molar refractivity (Wildman–Crippen MR) is 79.2 cm³/mol. The zero-order chi connectivity index (χ0) is 15.9. The van der Waals surface area contributed by atoms with E-state index in [1.165, 1.54) is 4.90 Å². The van der Waals surface area contributed by atoms with Gasteiger partial charge < -0.3 is 10.6 Å². The summed E-state index contributed by atoms with van der Waals surface area (Å²) < 4.78 is 36.9. The van der Waals surface area contributed by atoms with Crippen molar-refractivity contribution in [1.29, 1.82) is 0 Å². The quantitative estimate of drug-likeness (QED) is 0.605. The molecule has 124 valence electrons. The second-order valence-electron chi connectivity index (χ2n) is 5.54. The SMILES string of the molecule is CCN(CC)C(N)=NCCC1CCN(CC(F)(F)F)CC1. The molecule has 2 N–H and O–H groups in total. The van der Waals surface area contributed by atoms with Gasteiger partial charge in [0.05, 0.1) is 6.54 Å². The van der Waals surface area contributed by atoms with Crippen LogP contribution in [-0.2, 0) is 0 Å². The van der Waals surface area contributed by atoms with Gasteiger partial charge in [0.25, 0.3) is 0 Å². The molecule has 0 aromatic rings. The van der Waals surface area contributed by atoms with Gasteiger partial charge in [0, 0.05) is 19.6 Å². The Kier molecular flexibility index (Phi) is 7.28. The number of likely N-dealkylation sites (tertiary alicyclic amines) is 1. The van der Waals surface area contributed by atoms with Crippen LogP contribution in [0.1, 0.15) is 33.1 Å². The molecule has 1 aliphatic heterocycles. The lowest BCUT2D eigenvalue weighted by Gasteiger charge is -2.32. The number of halogens is 3. The van der Waals surface area contributed by atoms with Gasteiger partial charge in [-0.3, -0.25) is 9.89 Å². The van der Waals surface area contributed by atoms with E-state index in [0.717, 1.165) is 32.4 Å². The number of alkyl halides is 3. The number of rotatable bonds is 6. The summed E-state index contributed by atoms with van der Waals surface area (Å²) in [6, 6.07) is 0. The first kappa shape index (κ1) is 18.1. The zero-order valence-electron chi connectivity index (χ0n) is 13.0. The minimum Gasteiger partial charge on any atom is -0.370 e. The highest BCUT2D eigenvalue weighted by molar-refractivity contribution is 5.77. The van der Waals surface area contributed by atoms with Crippen LogP contribution in [0, 0.1) is 5.92 Å². The fourth-order valence-corrected chi connectivity index (χ4v) is 2.70. The van der Waals surface area contributed by atoms with Crippen LogP contribution in [0.2, 0.25) is 0 Å². The summed E-state index contributed by atoms with van der Waals surface area (Å²) in [4.78, 5) is 7.85. The molecule has 1 rings (SSSR count). The molecular weight excluding hydrogens is 281 g/mol. The smallest absolute Gasteiger partial charge is 0.370 e. The Hall–Kier alpha value is -0.980. The van der Waals surface area contributed by atoms with E-state index in [2.05, 4.69) is 4.99 Å². The number of nitrogens with two attached hydrogens (primary N) is 1. The first-order valence-corrected chi connectivity index (χ1v) is 7.69. The van der Waals surface area contributed by atoms with Gasteiger partial charge in [-0.05, 0) is 52.1 Å². The Bertz CT molecular complexity index is 319. The molecule has 0 unspecified atom stereocenters. The predicted octanol–water partition coefficient (Wildman–Crippen LogP) is 2.31. The summed E-state index contributed by atoms with van der Waals surface area (Å²) in [5.74, 6) is 1.03. The molecule has 4 nitrogen and oxygen atoms in total. The molecule has 1 saturated heterocycles. The van der Waals surface area contributed by atoms with Crippen LogP contribution in [-0.4, -0.2) is 61.2 Å². The first-order valence-electron chi connectivity index (χ1n) is 7.69. The van der Waals surface area contributed by atoms with Gasteiger partial charge >= 0.3 is 6.18 Å². The maximum Gasteiger partial charge on any atom is 0.401 e. The van der Waals surface area contributed by atoms with Gasteiger partial charge in [-0.2, -0.15) is 13.2 Å². The maximum atomic E-state index is 12.3. The molecule has 0 aliphatic carbocycles. The van der Waals surface area contributed by atoms with Crippen LogP contribution >= 0.6 is 0 Å². The van der Waals surface area contributed by atoms with E-state index in [9.17, 15) is 13.2 Å². The van der Waals surface area contributed by atoms with Crippen molar-refractivity contribution in [3.63, 3.8) is 0 Å². The monoisotopic (exact) mass is 308 g/mol. The number of hydrogen-bond donors (Lipinski definition) is 1. The molecule has 0 amide bonds. The second kappa shape index (κ2) is 8.46. The van der Waals surface area contributed by atoms with E-state index >= 15 is 0 Å². The molecule has 0 spiro atoms. The Morgan fingerprint density at radius 2 is 1.81 bits per heavy atom. The third-order valence-corrected chi connectivity index (χ3v) is 4.01. The van der Waals surface area contributed by atoms with E-state index in [4.69, 9.17) is 5.73 Å². The molecule has 0 bridgehead atoms.